The minimum Gasteiger partial charge on any atom is -0.335 e. The van der Waals surface area contributed by atoms with Crippen LogP contribution in [0.4, 0.5) is 10.1 Å². The molecule has 1 atom stereocenters. The molecule has 0 spiro atoms. The highest BCUT2D eigenvalue weighted by Crippen LogP contribution is 2.29. The monoisotopic (exact) mass is 344 g/mol. The van der Waals surface area contributed by atoms with E-state index in [1.54, 1.807) is 17.8 Å². The van der Waals surface area contributed by atoms with E-state index >= 15 is 0 Å². The van der Waals surface area contributed by atoms with E-state index in [4.69, 9.17) is 0 Å². The first-order chi connectivity index (χ1) is 8.95. The zero-order chi connectivity index (χ0) is 14.0. The molecule has 1 aromatic carbocycles. The Morgan fingerprint density at radius 1 is 1.53 bits per heavy atom. The number of halogens is 2. The number of nitrogens with zero attached hydrogens (tertiary/aromatic N) is 1. The maximum atomic E-state index is 13.5. The van der Waals surface area contributed by atoms with Crippen molar-refractivity contribution in [2.75, 3.05) is 11.9 Å². The fourth-order valence-electron chi connectivity index (χ4n) is 2.03. The van der Waals surface area contributed by atoms with Crippen LogP contribution in [-0.4, -0.2) is 17.0 Å². The summed E-state index contributed by atoms with van der Waals surface area (Å²) in [7, 11) is 0. The summed E-state index contributed by atoms with van der Waals surface area (Å²) in [6.07, 6.45) is 1.16. The summed E-state index contributed by atoms with van der Waals surface area (Å²) >= 11 is 4.95. The van der Waals surface area contributed by atoms with Crippen molar-refractivity contribution in [3.05, 3.63) is 28.0 Å². The number of rotatable bonds is 3. The summed E-state index contributed by atoms with van der Waals surface area (Å²) in [6, 6.07) is 3.29. The summed E-state index contributed by atoms with van der Waals surface area (Å²) in [6.45, 7) is 7.25. The third-order valence-corrected chi connectivity index (χ3v) is 4.70. The highest BCUT2D eigenvalue weighted by Gasteiger charge is 2.21. The highest BCUT2D eigenvalue weighted by atomic mass is 79.9. The van der Waals surface area contributed by atoms with Gasteiger partial charge in [0.25, 0.3) is 0 Å². The van der Waals surface area contributed by atoms with Gasteiger partial charge in [-0.25, -0.2) is 4.39 Å². The van der Waals surface area contributed by atoms with Crippen LogP contribution >= 0.6 is 27.7 Å². The van der Waals surface area contributed by atoms with Gasteiger partial charge in [-0.05, 0) is 52.9 Å². The third-order valence-electron chi connectivity index (χ3n) is 2.96. The predicted octanol–water partition coefficient (Wildman–Crippen LogP) is 4.83. The molecule has 0 saturated carbocycles. The lowest BCUT2D eigenvalue weighted by molar-refractivity contribution is 0.575. The molecular formula is C14H18BrFN2S. The van der Waals surface area contributed by atoms with E-state index in [-0.39, 0.29) is 5.82 Å². The van der Waals surface area contributed by atoms with Gasteiger partial charge >= 0.3 is 0 Å². The lowest BCUT2D eigenvalue weighted by Crippen LogP contribution is -2.10. The van der Waals surface area contributed by atoms with Gasteiger partial charge in [-0.15, -0.1) is 0 Å². The van der Waals surface area contributed by atoms with E-state index in [2.05, 4.69) is 40.1 Å². The summed E-state index contributed by atoms with van der Waals surface area (Å²) in [5.74, 6) is 0.425. The molecule has 2 nitrogen and oxygen atoms in total. The van der Waals surface area contributed by atoms with Gasteiger partial charge in [0.15, 0.2) is 5.17 Å². The molecule has 1 N–H and O–H groups in total. The van der Waals surface area contributed by atoms with Crippen molar-refractivity contribution in [2.45, 2.75) is 32.4 Å². The standard InChI is InChI=1S/C14H18BrFN2S/c1-8(2)4-10-7-17-14(19-10)18-13-6-12(16)11(15)5-9(13)3/h5-6,8,10H,4,7H2,1-3H3,(H,17,18). The van der Waals surface area contributed by atoms with Crippen LogP contribution in [0.25, 0.3) is 0 Å². The molecule has 2 rings (SSSR count). The summed E-state index contributed by atoms with van der Waals surface area (Å²) in [4.78, 5) is 4.49. The van der Waals surface area contributed by atoms with E-state index in [0.29, 0.717) is 15.6 Å². The molecule has 104 valence electrons. The first kappa shape index (κ1) is 14.9. The average Bonchev–Trinajstić information content (AvgIpc) is 2.72. The Labute approximate surface area is 126 Å². The number of anilines is 1. The molecule has 0 saturated heterocycles. The Hall–Kier alpha value is -0.550. The van der Waals surface area contributed by atoms with Gasteiger partial charge in [0, 0.05) is 10.9 Å². The zero-order valence-electron chi connectivity index (χ0n) is 11.3. The van der Waals surface area contributed by atoms with Crippen molar-refractivity contribution < 1.29 is 4.39 Å². The molecule has 1 unspecified atom stereocenters. The van der Waals surface area contributed by atoms with Crippen LogP contribution in [0, 0.1) is 18.7 Å². The maximum Gasteiger partial charge on any atom is 0.161 e. The Morgan fingerprint density at radius 2 is 2.26 bits per heavy atom. The first-order valence-corrected chi connectivity index (χ1v) is 8.06. The quantitative estimate of drug-likeness (QED) is 0.849. The molecule has 0 fully saturated rings. The van der Waals surface area contributed by atoms with Gasteiger partial charge < -0.3 is 5.32 Å². The molecule has 1 aromatic rings. The van der Waals surface area contributed by atoms with Crippen molar-refractivity contribution >= 4 is 38.5 Å². The number of nitrogens with one attached hydrogen (secondary N) is 1. The van der Waals surface area contributed by atoms with E-state index in [1.165, 1.54) is 6.07 Å². The molecule has 0 aliphatic carbocycles. The molecule has 1 aliphatic heterocycles. The predicted molar refractivity (Wildman–Crippen MR) is 85.6 cm³/mol. The lowest BCUT2D eigenvalue weighted by Gasteiger charge is -2.12. The molecule has 5 heteroatoms. The van der Waals surface area contributed by atoms with Crippen molar-refractivity contribution in [2.24, 2.45) is 10.9 Å². The van der Waals surface area contributed by atoms with Gasteiger partial charge in [0.1, 0.15) is 5.82 Å². The van der Waals surface area contributed by atoms with Crippen LogP contribution in [0.15, 0.2) is 21.6 Å². The molecular weight excluding hydrogens is 327 g/mol. The van der Waals surface area contributed by atoms with Gasteiger partial charge in [0.05, 0.1) is 11.0 Å². The van der Waals surface area contributed by atoms with Crippen LogP contribution < -0.4 is 5.32 Å². The molecule has 0 amide bonds. The van der Waals surface area contributed by atoms with E-state index in [9.17, 15) is 4.39 Å². The van der Waals surface area contributed by atoms with Crippen LogP contribution in [-0.2, 0) is 0 Å². The highest BCUT2D eigenvalue weighted by molar-refractivity contribution is 9.10. The van der Waals surface area contributed by atoms with Crippen molar-refractivity contribution in [1.29, 1.82) is 0 Å². The second kappa shape index (κ2) is 6.27. The lowest BCUT2D eigenvalue weighted by atomic mass is 10.1. The Bertz CT molecular complexity index is 502. The minimum atomic E-state index is -0.254. The number of benzene rings is 1. The SMILES string of the molecule is Cc1cc(Br)c(F)cc1NC1=NCC(CC(C)C)S1. The molecule has 1 heterocycles. The number of amidine groups is 1. The van der Waals surface area contributed by atoms with Crippen LogP contribution in [0.5, 0.6) is 0 Å². The largest absolute Gasteiger partial charge is 0.335 e. The zero-order valence-corrected chi connectivity index (χ0v) is 13.7. The average molecular weight is 345 g/mol. The first-order valence-electron chi connectivity index (χ1n) is 6.39. The van der Waals surface area contributed by atoms with Crippen molar-refractivity contribution in [3.8, 4) is 0 Å². The fourth-order valence-corrected chi connectivity index (χ4v) is 3.75. The van der Waals surface area contributed by atoms with Gasteiger partial charge in [-0.3, -0.25) is 4.99 Å². The smallest absolute Gasteiger partial charge is 0.161 e. The second-order valence-corrected chi connectivity index (χ2v) is 7.36. The fraction of sp³-hybridized carbons (Fsp3) is 0.500. The summed E-state index contributed by atoms with van der Waals surface area (Å²) < 4.78 is 14.0. The molecule has 0 radical (unpaired) electrons. The Kier molecular flexibility index (Phi) is 4.90. The van der Waals surface area contributed by atoms with Gasteiger partial charge in [-0.2, -0.15) is 0 Å². The number of thioether (sulfide) groups is 1. The minimum absolute atomic E-state index is 0.254. The van der Waals surface area contributed by atoms with Gasteiger partial charge in [0.2, 0.25) is 0 Å². The van der Waals surface area contributed by atoms with Crippen LogP contribution in [0.3, 0.4) is 0 Å². The third kappa shape index (κ3) is 3.96. The van der Waals surface area contributed by atoms with Gasteiger partial charge in [-0.1, -0.05) is 25.6 Å². The summed E-state index contributed by atoms with van der Waals surface area (Å²) in [5, 5.41) is 4.68. The number of aliphatic imine (C=N–C) groups is 1. The number of hydrogen-bond donors (Lipinski definition) is 1. The second-order valence-electron chi connectivity index (χ2n) is 5.22. The molecule has 19 heavy (non-hydrogen) atoms. The molecule has 1 aliphatic rings. The van der Waals surface area contributed by atoms with E-state index in [0.717, 1.165) is 29.4 Å². The normalized spacial score (nSPS) is 18.8. The Morgan fingerprint density at radius 3 is 2.95 bits per heavy atom. The maximum absolute atomic E-state index is 13.5. The number of hydrogen-bond acceptors (Lipinski definition) is 3. The molecule has 0 bridgehead atoms. The summed E-state index contributed by atoms with van der Waals surface area (Å²) in [5.41, 5.74) is 1.79. The molecule has 0 aromatic heterocycles. The van der Waals surface area contributed by atoms with Crippen molar-refractivity contribution in [3.63, 3.8) is 0 Å². The van der Waals surface area contributed by atoms with E-state index < -0.39 is 0 Å². The topological polar surface area (TPSA) is 24.4 Å². The van der Waals surface area contributed by atoms with Crippen molar-refractivity contribution in [1.82, 2.24) is 0 Å². The number of aryl methyl sites for hydroxylation is 1. The van der Waals surface area contributed by atoms with Crippen LogP contribution in [0.1, 0.15) is 25.8 Å². The van der Waals surface area contributed by atoms with Crippen LogP contribution in [0.2, 0.25) is 0 Å². The van der Waals surface area contributed by atoms with E-state index in [1.807, 2.05) is 6.92 Å². The Balaban J connectivity index is 2.01.